The van der Waals surface area contributed by atoms with Gasteiger partial charge in [-0.2, -0.15) is 0 Å². The minimum atomic E-state index is 0.786. The van der Waals surface area contributed by atoms with Crippen LogP contribution in [0.1, 0.15) is 30.4 Å². The van der Waals surface area contributed by atoms with Gasteiger partial charge in [-0.1, -0.05) is 19.1 Å². The number of aromatic nitrogens is 2. The summed E-state index contributed by atoms with van der Waals surface area (Å²) >= 11 is 0. The molecule has 3 nitrogen and oxygen atoms in total. The third kappa shape index (κ3) is 2.50. The van der Waals surface area contributed by atoms with Gasteiger partial charge >= 0.3 is 0 Å². The molecule has 0 bridgehead atoms. The molecule has 1 aliphatic rings. The Morgan fingerprint density at radius 3 is 3.16 bits per heavy atom. The molecule has 3 heteroatoms. The average molecular weight is 256 g/mol. The molecule has 0 saturated heterocycles. The van der Waals surface area contributed by atoms with Gasteiger partial charge in [0.2, 0.25) is 0 Å². The molecule has 0 N–H and O–H groups in total. The maximum Gasteiger partial charge on any atom is 0.119 e. The van der Waals surface area contributed by atoms with Crippen LogP contribution in [0, 0.1) is 5.92 Å². The Morgan fingerprint density at radius 1 is 1.42 bits per heavy atom. The van der Waals surface area contributed by atoms with Crippen molar-refractivity contribution in [2.45, 2.75) is 32.7 Å². The predicted molar refractivity (Wildman–Crippen MR) is 75.5 cm³/mol. The fraction of sp³-hybridized carbons (Fsp3) is 0.438. The summed E-state index contributed by atoms with van der Waals surface area (Å²) in [4.78, 5) is 4.61. The highest BCUT2D eigenvalue weighted by Crippen LogP contribution is 2.23. The van der Waals surface area contributed by atoms with Gasteiger partial charge in [0.15, 0.2) is 0 Å². The Labute approximate surface area is 114 Å². The van der Waals surface area contributed by atoms with E-state index in [9.17, 15) is 0 Å². The van der Waals surface area contributed by atoms with Crippen molar-refractivity contribution < 1.29 is 4.74 Å². The summed E-state index contributed by atoms with van der Waals surface area (Å²) in [6.07, 6.45) is 5.34. The maximum atomic E-state index is 5.27. The van der Waals surface area contributed by atoms with Gasteiger partial charge in [0.05, 0.1) is 7.11 Å². The van der Waals surface area contributed by atoms with E-state index in [0.29, 0.717) is 0 Å². The van der Waals surface area contributed by atoms with Crippen molar-refractivity contribution in [2.24, 2.45) is 5.92 Å². The molecule has 1 aromatic carbocycles. The fourth-order valence-electron chi connectivity index (χ4n) is 2.80. The Hall–Kier alpha value is -1.77. The normalized spacial score (nSPS) is 18.1. The molecule has 0 aliphatic carbocycles. The average Bonchev–Trinajstić information content (AvgIpc) is 2.81. The van der Waals surface area contributed by atoms with Crippen LogP contribution in [-0.2, 0) is 19.4 Å². The molecule has 1 aromatic heterocycles. The number of hydrogen-bond donors (Lipinski definition) is 0. The quantitative estimate of drug-likeness (QED) is 0.844. The number of fused-ring (bicyclic) bond motifs is 1. The van der Waals surface area contributed by atoms with Crippen molar-refractivity contribution in [2.75, 3.05) is 7.11 Å². The van der Waals surface area contributed by atoms with E-state index in [2.05, 4.69) is 28.6 Å². The minimum absolute atomic E-state index is 0.786. The van der Waals surface area contributed by atoms with Crippen LogP contribution in [0.4, 0.5) is 0 Å². The van der Waals surface area contributed by atoms with Crippen molar-refractivity contribution >= 4 is 0 Å². The van der Waals surface area contributed by atoms with Crippen molar-refractivity contribution in [3.63, 3.8) is 0 Å². The molecule has 1 unspecified atom stereocenters. The number of ether oxygens (including phenoxy) is 1. The highest BCUT2D eigenvalue weighted by atomic mass is 16.5. The van der Waals surface area contributed by atoms with Crippen LogP contribution in [0.2, 0.25) is 0 Å². The van der Waals surface area contributed by atoms with Crippen LogP contribution in [0.3, 0.4) is 0 Å². The number of rotatable bonds is 3. The highest BCUT2D eigenvalue weighted by Gasteiger charge is 2.18. The predicted octanol–water partition coefficient (Wildman–Crippen LogP) is 3.06. The van der Waals surface area contributed by atoms with E-state index < -0.39 is 0 Å². The topological polar surface area (TPSA) is 27.1 Å². The van der Waals surface area contributed by atoms with Crippen molar-refractivity contribution in [1.82, 2.24) is 9.55 Å². The van der Waals surface area contributed by atoms with Crippen LogP contribution < -0.4 is 4.74 Å². The first kappa shape index (κ1) is 12.3. The molecule has 1 atom stereocenters. The second kappa shape index (κ2) is 5.08. The molecule has 0 radical (unpaired) electrons. The summed E-state index contributed by atoms with van der Waals surface area (Å²) in [6, 6.07) is 8.24. The molecule has 0 fully saturated rings. The second-order valence-corrected chi connectivity index (χ2v) is 5.44. The SMILES string of the molecule is COc1cccc(Cc2ncc3n2CCC(C)C3)c1. The Kier molecular flexibility index (Phi) is 3.28. The Morgan fingerprint density at radius 2 is 2.32 bits per heavy atom. The van der Waals surface area contributed by atoms with Crippen molar-refractivity contribution in [3.8, 4) is 5.75 Å². The third-order valence-electron chi connectivity index (χ3n) is 3.92. The lowest BCUT2D eigenvalue weighted by Crippen LogP contribution is -2.18. The molecule has 100 valence electrons. The third-order valence-corrected chi connectivity index (χ3v) is 3.92. The molecule has 0 saturated carbocycles. The molecule has 1 aliphatic heterocycles. The van der Waals surface area contributed by atoms with E-state index in [1.807, 2.05) is 18.3 Å². The minimum Gasteiger partial charge on any atom is -0.497 e. The van der Waals surface area contributed by atoms with E-state index in [4.69, 9.17) is 4.74 Å². The van der Waals surface area contributed by atoms with E-state index in [-0.39, 0.29) is 0 Å². The highest BCUT2D eigenvalue weighted by molar-refractivity contribution is 5.30. The van der Waals surface area contributed by atoms with Crippen LogP contribution in [-0.4, -0.2) is 16.7 Å². The summed E-state index contributed by atoms with van der Waals surface area (Å²) in [6.45, 7) is 3.42. The number of hydrogen-bond acceptors (Lipinski definition) is 2. The van der Waals surface area contributed by atoms with E-state index >= 15 is 0 Å². The van der Waals surface area contributed by atoms with Crippen LogP contribution in [0.5, 0.6) is 5.75 Å². The van der Waals surface area contributed by atoms with Crippen LogP contribution in [0.15, 0.2) is 30.5 Å². The van der Waals surface area contributed by atoms with Crippen molar-refractivity contribution in [1.29, 1.82) is 0 Å². The van der Waals surface area contributed by atoms with Crippen LogP contribution >= 0.6 is 0 Å². The smallest absolute Gasteiger partial charge is 0.119 e. The summed E-state index contributed by atoms with van der Waals surface area (Å²) < 4.78 is 7.66. The molecular weight excluding hydrogens is 236 g/mol. The van der Waals surface area contributed by atoms with Gasteiger partial charge in [0.25, 0.3) is 0 Å². The molecule has 0 amide bonds. The standard InChI is InChI=1S/C16H20N2O/c1-12-6-7-18-14(8-12)11-17-16(18)10-13-4-3-5-15(9-13)19-2/h3-5,9,11-12H,6-8,10H2,1-2H3. The van der Waals surface area contributed by atoms with Gasteiger partial charge in [-0.25, -0.2) is 4.98 Å². The zero-order chi connectivity index (χ0) is 13.2. The Bertz CT molecular complexity index is 574. The number of benzene rings is 1. The summed E-state index contributed by atoms with van der Waals surface area (Å²) in [5.41, 5.74) is 2.64. The number of nitrogens with zero attached hydrogens (tertiary/aromatic N) is 2. The van der Waals surface area contributed by atoms with Gasteiger partial charge in [0, 0.05) is 24.9 Å². The molecule has 19 heavy (non-hydrogen) atoms. The monoisotopic (exact) mass is 256 g/mol. The molecular formula is C16H20N2O. The molecule has 2 heterocycles. The maximum absolute atomic E-state index is 5.27. The largest absolute Gasteiger partial charge is 0.497 e. The van der Waals surface area contributed by atoms with E-state index in [1.165, 1.54) is 23.5 Å². The van der Waals surface area contributed by atoms with Gasteiger partial charge < -0.3 is 9.30 Å². The van der Waals surface area contributed by atoms with Gasteiger partial charge in [-0.3, -0.25) is 0 Å². The Balaban J connectivity index is 1.84. The number of imidazole rings is 1. The molecule has 0 spiro atoms. The molecule has 3 rings (SSSR count). The first-order chi connectivity index (χ1) is 9.26. The summed E-state index contributed by atoms with van der Waals surface area (Å²) in [7, 11) is 1.71. The van der Waals surface area contributed by atoms with E-state index in [0.717, 1.165) is 31.1 Å². The zero-order valence-electron chi connectivity index (χ0n) is 11.6. The first-order valence-corrected chi connectivity index (χ1v) is 6.92. The lowest BCUT2D eigenvalue weighted by molar-refractivity contribution is 0.409. The van der Waals surface area contributed by atoms with Gasteiger partial charge in [0.1, 0.15) is 11.6 Å². The van der Waals surface area contributed by atoms with Gasteiger partial charge in [-0.15, -0.1) is 0 Å². The lowest BCUT2D eigenvalue weighted by Gasteiger charge is -2.21. The van der Waals surface area contributed by atoms with Crippen LogP contribution in [0.25, 0.3) is 0 Å². The van der Waals surface area contributed by atoms with E-state index in [1.54, 1.807) is 7.11 Å². The number of methoxy groups -OCH3 is 1. The first-order valence-electron chi connectivity index (χ1n) is 6.92. The van der Waals surface area contributed by atoms with Gasteiger partial charge in [-0.05, 0) is 36.5 Å². The summed E-state index contributed by atoms with van der Waals surface area (Å²) in [5.74, 6) is 2.88. The van der Waals surface area contributed by atoms with Crippen molar-refractivity contribution in [3.05, 3.63) is 47.5 Å². The fourth-order valence-corrected chi connectivity index (χ4v) is 2.80. The zero-order valence-corrected chi connectivity index (χ0v) is 11.6. The summed E-state index contributed by atoms with van der Waals surface area (Å²) in [5, 5.41) is 0. The molecule has 2 aromatic rings. The second-order valence-electron chi connectivity index (χ2n) is 5.44. The lowest BCUT2D eigenvalue weighted by atomic mass is 9.98.